The van der Waals surface area contributed by atoms with Gasteiger partial charge in [-0.2, -0.15) is 13.2 Å². The van der Waals surface area contributed by atoms with Crippen molar-refractivity contribution in [2.45, 2.75) is 50.6 Å². The van der Waals surface area contributed by atoms with Crippen molar-refractivity contribution in [2.24, 2.45) is 0 Å². The van der Waals surface area contributed by atoms with Crippen LogP contribution in [0.25, 0.3) is 6.08 Å². The van der Waals surface area contributed by atoms with E-state index >= 15 is 0 Å². The van der Waals surface area contributed by atoms with Gasteiger partial charge in [0, 0.05) is 31.1 Å². The molecule has 0 radical (unpaired) electrons. The lowest BCUT2D eigenvalue weighted by atomic mass is 9.99. The zero-order valence-corrected chi connectivity index (χ0v) is 19.9. The highest BCUT2D eigenvalue weighted by atomic mass is 32.2. The number of hydrogen-bond acceptors (Lipinski definition) is 6. The van der Waals surface area contributed by atoms with Crippen LogP contribution in [0.4, 0.5) is 13.2 Å². The van der Waals surface area contributed by atoms with Crippen LogP contribution in [-0.4, -0.2) is 81.2 Å². The first-order valence-electron chi connectivity index (χ1n) is 10.8. The van der Waals surface area contributed by atoms with Gasteiger partial charge >= 0.3 is 12.1 Å². The number of halogens is 3. The number of carboxylic acid groups (broad SMARTS) is 1. The molecule has 2 atom stereocenters. The van der Waals surface area contributed by atoms with E-state index in [1.165, 1.54) is 5.41 Å². The molecule has 8 nitrogen and oxygen atoms in total. The Balaban J connectivity index is 0.000000509. The summed E-state index contributed by atoms with van der Waals surface area (Å²) >= 11 is 0. The van der Waals surface area contributed by atoms with Crippen molar-refractivity contribution >= 4 is 22.1 Å². The molecule has 192 valence electrons. The van der Waals surface area contributed by atoms with Gasteiger partial charge in [0.2, 0.25) is 10.0 Å². The number of carboxylic acids is 1. The van der Waals surface area contributed by atoms with E-state index in [2.05, 4.69) is 23.5 Å². The molecule has 0 unspecified atom stereocenters. The summed E-state index contributed by atoms with van der Waals surface area (Å²) in [7, 11) is -3.49. The number of alkyl halides is 3. The Kier molecular flexibility index (Phi) is 10.1. The van der Waals surface area contributed by atoms with Gasteiger partial charge in [-0.15, -0.1) is 0 Å². The molecule has 1 spiro atoms. The van der Waals surface area contributed by atoms with Gasteiger partial charge in [0.25, 0.3) is 0 Å². The van der Waals surface area contributed by atoms with Crippen molar-refractivity contribution in [3.05, 3.63) is 41.3 Å². The average Bonchev–Trinajstić information content (AvgIpc) is 3.03. The van der Waals surface area contributed by atoms with Crippen LogP contribution in [0.5, 0.6) is 0 Å². The molecule has 1 aromatic rings. The van der Waals surface area contributed by atoms with Gasteiger partial charge in [-0.25, -0.2) is 17.9 Å². The first-order valence-corrected chi connectivity index (χ1v) is 12.4. The van der Waals surface area contributed by atoms with Crippen LogP contribution >= 0.6 is 0 Å². The summed E-state index contributed by atoms with van der Waals surface area (Å²) in [5, 5.41) is 8.34. The van der Waals surface area contributed by atoms with Gasteiger partial charge in [-0.1, -0.05) is 30.3 Å². The molecule has 2 N–H and O–H groups in total. The van der Waals surface area contributed by atoms with Crippen LogP contribution in [0, 0.1) is 0 Å². The van der Waals surface area contributed by atoms with Crippen LogP contribution in [0.2, 0.25) is 0 Å². The molecular weight excluding hydrogens is 477 g/mol. The first kappa shape index (κ1) is 28.2. The molecule has 2 aliphatic heterocycles. The van der Waals surface area contributed by atoms with Crippen molar-refractivity contribution in [3.8, 4) is 0 Å². The maximum Gasteiger partial charge on any atom is 0.490 e. The Morgan fingerprint density at radius 1 is 1.32 bits per heavy atom. The summed E-state index contributed by atoms with van der Waals surface area (Å²) in [6, 6.07) is 9.81. The number of aliphatic carboxylic acids is 1. The van der Waals surface area contributed by atoms with Crippen LogP contribution in [0.1, 0.15) is 32.3 Å². The smallest absolute Gasteiger partial charge is 0.475 e. The highest BCUT2D eigenvalue weighted by Gasteiger charge is 2.43. The minimum atomic E-state index is -5.08. The van der Waals surface area contributed by atoms with E-state index in [9.17, 15) is 21.6 Å². The molecule has 12 heteroatoms. The average molecular weight is 509 g/mol. The molecule has 0 aromatic heterocycles. The molecule has 3 rings (SSSR count). The van der Waals surface area contributed by atoms with Gasteiger partial charge in [0.05, 0.1) is 19.3 Å². The molecule has 1 aromatic carbocycles. The third kappa shape index (κ3) is 9.34. The molecule has 2 heterocycles. The normalized spacial score (nSPS) is 24.2. The van der Waals surface area contributed by atoms with Crippen molar-refractivity contribution < 1.29 is 41.0 Å². The molecule has 2 fully saturated rings. The predicted molar refractivity (Wildman–Crippen MR) is 120 cm³/mol. The number of carbonyl (C=O) groups is 1. The zero-order chi connectivity index (χ0) is 25.4. The molecule has 2 saturated heterocycles. The first-order chi connectivity index (χ1) is 15.8. The minimum Gasteiger partial charge on any atom is -0.475 e. The number of hydrogen-bond donors (Lipinski definition) is 2. The van der Waals surface area contributed by atoms with E-state index < -0.39 is 22.2 Å². The van der Waals surface area contributed by atoms with Crippen LogP contribution < -0.4 is 4.72 Å². The molecule has 0 aliphatic carbocycles. The Hall–Kier alpha value is -1.99. The number of benzene rings is 1. The quantitative estimate of drug-likeness (QED) is 0.609. The van der Waals surface area contributed by atoms with Crippen LogP contribution in [-0.2, 0) is 24.3 Å². The van der Waals surface area contributed by atoms with Crippen molar-refractivity contribution in [1.29, 1.82) is 0 Å². The van der Waals surface area contributed by atoms with E-state index in [4.69, 9.17) is 19.4 Å². The summed E-state index contributed by atoms with van der Waals surface area (Å²) in [6.07, 6.45) is -1.89. The Morgan fingerprint density at radius 2 is 1.97 bits per heavy atom. The third-order valence-electron chi connectivity index (χ3n) is 5.44. The highest BCUT2D eigenvalue weighted by molar-refractivity contribution is 7.92. The van der Waals surface area contributed by atoms with Crippen molar-refractivity contribution in [1.82, 2.24) is 9.62 Å². The molecule has 34 heavy (non-hydrogen) atoms. The van der Waals surface area contributed by atoms with E-state index in [0.717, 1.165) is 31.5 Å². The van der Waals surface area contributed by atoms with Gasteiger partial charge in [0.15, 0.2) is 0 Å². The summed E-state index contributed by atoms with van der Waals surface area (Å²) in [5.74, 6) is -2.76. The summed E-state index contributed by atoms with van der Waals surface area (Å²) in [5.41, 5.74) is 0.528. The molecular formula is C22H31F3N2O6S. The maximum atomic E-state index is 12.2. The fraction of sp³-hybridized carbons (Fsp3) is 0.591. The molecule has 2 aliphatic rings. The lowest BCUT2D eigenvalue weighted by Gasteiger charge is -2.33. The van der Waals surface area contributed by atoms with Gasteiger partial charge in [-0.05, 0) is 38.3 Å². The fourth-order valence-corrected chi connectivity index (χ4v) is 4.48. The SMILES string of the molecule is CC(C)N1CCOC[C@@]2(CC[C@H](CNS(=O)(=O)/C=C/c3ccccc3)O2)C1.O=C(O)C(F)(F)F. The molecule has 0 amide bonds. The van der Waals surface area contributed by atoms with E-state index in [-0.39, 0.29) is 18.2 Å². The second kappa shape index (κ2) is 12.1. The highest BCUT2D eigenvalue weighted by Crippen LogP contribution is 2.33. The van der Waals surface area contributed by atoms with Crippen LogP contribution in [0.15, 0.2) is 35.7 Å². The third-order valence-corrected chi connectivity index (χ3v) is 6.51. The number of nitrogens with zero attached hydrogens (tertiary/aromatic N) is 1. The summed E-state index contributed by atoms with van der Waals surface area (Å²) < 4.78 is 70.9. The monoisotopic (exact) mass is 508 g/mol. The second-order valence-electron chi connectivity index (χ2n) is 8.49. The Labute approximate surface area is 197 Å². The van der Waals surface area contributed by atoms with E-state index in [1.807, 2.05) is 30.3 Å². The number of ether oxygens (including phenoxy) is 2. The van der Waals surface area contributed by atoms with Crippen molar-refractivity contribution in [2.75, 3.05) is 32.8 Å². The summed E-state index contributed by atoms with van der Waals surface area (Å²) in [6.45, 7) is 7.67. The lowest BCUT2D eigenvalue weighted by molar-refractivity contribution is -0.192. The van der Waals surface area contributed by atoms with Crippen molar-refractivity contribution in [3.63, 3.8) is 0 Å². The number of rotatable bonds is 6. The molecule has 0 saturated carbocycles. The largest absolute Gasteiger partial charge is 0.490 e. The summed E-state index contributed by atoms with van der Waals surface area (Å²) in [4.78, 5) is 11.3. The van der Waals surface area contributed by atoms with E-state index in [0.29, 0.717) is 19.3 Å². The number of sulfonamides is 1. The van der Waals surface area contributed by atoms with E-state index in [1.54, 1.807) is 6.08 Å². The number of nitrogens with one attached hydrogen (secondary N) is 1. The van der Waals surface area contributed by atoms with Crippen LogP contribution in [0.3, 0.4) is 0 Å². The fourth-order valence-electron chi connectivity index (χ4n) is 3.63. The standard InChI is InChI=1S/C20H30N2O4S.C2HF3O2/c1-17(2)22-11-12-25-16-20(15-22)10-8-19(26-20)14-21-27(23,24)13-9-18-6-4-3-5-7-18;3-2(4,5)1(6)7/h3-7,9,13,17,19,21H,8,10-12,14-16H2,1-2H3;(H,6,7)/b13-9+;/t19-,20-;/m1./s1. The lowest BCUT2D eigenvalue weighted by Crippen LogP contribution is -2.47. The topological polar surface area (TPSA) is 105 Å². The maximum absolute atomic E-state index is 12.2. The van der Waals surface area contributed by atoms with Gasteiger partial charge in [-0.3, -0.25) is 4.90 Å². The zero-order valence-electron chi connectivity index (χ0n) is 19.1. The Bertz CT molecular complexity index is 924. The predicted octanol–water partition coefficient (Wildman–Crippen LogP) is 2.87. The van der Waals surface area contributed by atoms with Gasteiger partial charge < -0.3 is 14.6 Å². The second-order valence-corrected chi connectivity index (χ2v) is 10.1. The Morgan fingerprint density at radius 3 is 2.56 bits per heavy atom. The molecule has 0 bridgehead atoms. The van der Waals surface area contributed by atoms with Gasteiger partial charge in [0.1, 0.15) is 5.60 Å². The minimum absolute atomic E-state index is 0.124.